The summed E-state index contributed by atoms with van der Waals surface area (Å²) in [4.78, 5) is 32.6. The van der Waals surface area contributed by atoms with E-state index in [4.69, 9.17) is 10.2 Å². The first-order valence-corrected chi connectivity index (χ1v) is 6.21. The number of hydrogen-bond acceptors (Lipinski definition) is 3. The fourth-order valence-corrected chi connectivity index (χ4v) is 1.50. The van der Waals surface area contributed by atoms with Crippen LogP contribution in [0.5, 0.6) is 0 Å². The Hall–Kier alpha value is -1.66. The Morgan fingerprint density at radius 1 is 1.11 bits per heavy atom. The standard InChI is InChI=1S/C12H20FNO5/c1-8(13)4-2-3-5-10(15)14-9(12(18)19)6-7-11(16)17/h8-9H,2-7H2,1H3,(H,14,15)(H,16,17)(H,18,19)/t8?,9-/m0/s1. The molecule has 19 heavy (non-hydrogen) atoms. The van der Waals surface area contributed by atoms with Gasteiger partial charge in [-0.2, -0.15) is 0 Å². The number of hydrogen-bond donors (Lipinski definition) is 3. The third-order valence-corrected chi connectivity index (χ3v) is 2.54. The molecule has 0 fully saturated rings. The Morgan fingerprint density at radius 3 is 2.21 bits per heavy atom. The van der Waals surface area contributed by atoms with E-state index in [-0.39, 0.29) is 19.3 Å². The molecule has 0 bridgehead atoms. The summed E-state index contributed by atoms with van der Waals surface area (Å²) in [7, 11) is 0. The van der Waals surface area contributed by atoms with Crippen molar-refractivity contribution in [3.05, 3.63) is 0 Å². The molecule has 0 saturated heterocycles. The van der Waals surface area contributed by atoms with Crippen molar-refractivity contribution in [3.63, 3.8) is 0 Å². The van der Waals surface area contributed by atoms with Gasteiger partial charge in [0.1, 0.15) is 6.04 Å². The number of carbonyl (C=O) groups is 3. The zero-order valence-corrected chi connectivity index (χ0v) is 10.9. The number of carboxylic acid groups (broad SMARTS) is 2. The molecule has 2 atom stereocenters. The van der Waals surface area contributed by atoms with Gasteiger partial charge in [0.05, 0.1) is 6.17 Å². The van der Waals surface area contributed by atoms with Gasteiger partial charge in [-0.05, 0) is 26.2 Å². The Morgan fingerprint density at radius 2 is 1.74 bits per heavy atom. The molecule has 6 nitrogen and oxygen atoms in total. The van der Waals surface area contributed by atoms with E-state index in [0.717, 1.165) is 0 Å². The highest BCUT2D eigenvalue weighted by atomic mass is 19.1. The van der Waals surface area contributed by atoms with Crippen LogP contribution in [0.1, 0.15) is 45.4 Å². The van der Waals surface area contributed by atoms with E-state index in [1.54, 1.807) is 0 Å². The molecule has 0 heterocycles. The van der Waals surface area contributed by atoms with Crippen LogP contribution >= 0.6 is 0 Å². The van der Waals surface area contributed by atoms with Crippen LogP contribution in [0.3, 0.4) is 0 Å². The van der Waals surface area contributed by atoms with Crippen molar-refractivity contribution < 1.29 is 29.0 Å². The maximum Gasteiger partial charge on any atom is 0.326 e. The summed E-state index contributed by atoms with van der Waals surface area (Å²) in [6, 6.07) is -1.19. The van der Waals surface area contributed by atoms with Crippen molar-refractivity contribution in [1.82, 2.24) is 5.32 Å². The number of carboxylic acids is 2. The van der Waals surface area contributed by atoms with Crippen LogP contribution < -0.4 is 5.32 Å². The molecule has 3 N–H and O–H groups in total. The lowest BCUT2D eigenvalue weighted by Crippen LogP contribution is -2.41. The molecule has 7 heteroatoms. The molecule has 110 valence electrons. The van der Waals surface area contributed by atoms with Gasteiger partial charge >= 0.3 is 11.9 Å². The Bertz CT molecular complexity index is 319. The average molecular weight is 277 g/mol. The Balaban J connectivity index is 3.96. The summed E-state index contributed by atoms with van der Waals surface area (Å²) in [5.74, 6) is -2.83. The molecular weight excluding hydrogens is 257 g/mol. The smallest absolute Gasteiger partial charge is 0.326 e. The van der Waals surface area contributed by atoms with E-state index in [9.17, 15) is 18.8 Å². The zero-order valence-electron chi connectivity index (χ0n) is 10.9. The van der Waals surface area contributed by atoms with Crippen molar-refractivity contribution in [2.75, 3.05) is 0 Å². The lowest BCUT2D eigenvalue weighted by Gasteiger charge is -2.13. The normalized spacial score (nSPS) is 13.6. The average Bonchev–Trinajstić information content (AvgIpc) is 2.29. The number of nitrogens with one attached hydrogen (secondary N) is 1. The molecule has 0 aliphatic heterocycles. The maximum atomic E-state index is 12.5. The molecule has 0 rings (SSSR count). The quantitative estimate of drug-likeness (QED) is 0.523. The predicted octanol–water partition coefficient (Wildman–Crippen LogP) is 1.34. The monoisotopic (exact) mass is 277 g/mol. The number of carbonyl (C=O) groups excluding carboxylic acids is 1. The molecule has 0 aromatic carbocycles. The van der Waals surface area contributed by atoms with E-state index < -0.39 is 30.1 Å². The second-order valence-corrected chi connectivity index (χ2v) is 4.42. The number of unbranched alkanes of at least 4 members (excludes halogenated alkanes) is 1. The van der Waals surface area contributed by atoms with Crippen LogP contribution in [-0.2, 0) is 14.4 Å². The van der Waals surface area contributed by atoms with Gasteiger partial charge in [-0.15, -0.1) is 0 Å². The molecule has 0 aliphatic rings. The Kier molecular flexibility index (Phi) is 8.48. The van der Waals surface area contributed by atoms with Crippen LogP contribution in [0.2, 0.25) is 0 Å². The minimum absolute atomic E-state index is 0.115. The summed E-state index contributed by atoms with van der Waals surface area (Å²) in [6.07, 6.45) is 0.126. The highest BCUT2D eigenvalue weighted by Gasteiger charge is 2.20. The van der Waals surface area contributed by atoms with E-state index in [2.05, 4.69) is 5.32 Å². The fourth-order valence-electron chi connectivity index (χ4n) is 1.50. The number of rotatable bonds is 10. The van der Waals surface area contributed by atoms with Gasteiger partial charge < -0.3 is 15.5 Å². The first kappa shape index (κ1) is 17.3. The summed E-state index contributed by atoms with van der Waals surface area (Å²) in [6.45, 7) is 1.44. The predicted molar refractivity (Wildman–Crippen MR) is 65.5 cm³/mol. The van der Waals surface area contributed by atoms with Crippen LogP contribution in [-0.4, -0.2) is 40.3 Å². The van der Waals surface area contributed by atoms with Gasteiger partial charge in [-0.1, -0.05) is 6.42 Å². The maximum absolute atomic E-state index is 12.5. The lowest BCUT2D eigenvalue weighted by atomic mass is 10.1. The third kappa shape index (κ3) is 9.99. The van der Waals surface area contributed by atoms with Crippen LogP contribution in [0.15, 0.2) is 0 Å². The van der Waals surface area contributed by atoms with E-state index in [0.29, 0.717) is 19.3 Å². The van der Waals surface area contributed by atoms with Gasteiger partial charge in [0.15, 0.2) is 0 Å². The molecule has 0 spiro atoms. The van der Waals surface area contributed by atoms with Gasteiger partial charge in [0.2, 0.25) is 5.91 Å². The summed E-state index contributed by atoms with van der Waals surface area (Å²) < 4.78 is 12.5. The van der Waals surface area contributed by atoms with Crippen molar-refractivity contribution >= 4 is 17.8 Å². The van der Waals surface area contributed by atoms with Gasteiger partial charge in [0, 0.05) is 12.8 Å². The van der Waals surface area contributed by atoms with Gasteiger partial charge in [-0.3, -0.25) is 9.59 Å². The first-order valence-electron chi connectivity index (χ1n) is 6.21. The molecule has 0 saturated carbocycles. The molecule has 0 aliphatic carbocycles. The van der Waals surface area contributed by atoms with Crippen LogP contribution in [0.4, 0.5) is 4.39 Å². The van der Waals surface area contributed by atoms with E-state index in [1.807, 2.05) is 0 Å². The van der Waals surface area contributed by atoms with Crippen molar-refractivity contribution in [3.8, 4) is 0 Å². The molecule has 1 unspecified atom stereocenters. The van der Waals surface area contributed by atoms with Crippen LogP contribution in [0.25, 0.3) is 0 Å². The second-order valence-electron chi connectivity index (χ2n) is 4.42. The van der Waals surface area contributed by atoms with Crippen molar-refractivity contribution in [2.45, 2.75) is 57.7 Å². The topological polar surface area (TPSA) is 104 Å². The van der Waals surface area contributed by atoms with Crippen molar-refractivity contribution in [1.29, 1.82) is 0 Å². The summed E-state index contributed by atoms with van der Waals surface area (Å²) in [5, 5.41) is 19.5. The molecular formula is C12H20FNO5. The minimum Gasteiger partial charge on any atom is -0.481 e. The zero-order chi connectivity index (χ0) is 14.8. The third-order valence-electron chi connectivity index (χ3n) is 2.54. The number of aliphatic carboxylic acids is 2. The van der Waals surface area contributed by atoms with Gasteiger partial charge in [0.25, 0.3) is 0 Å². The summed E-state index contributed by atoms with van der Waals surface area (Å²) in [5.41, 5.74) is 0. The minimum atomic E-state index is -1.26. The highest BCUT2D eigenvalue weighted by molar-refractivity contribution is 5.83. The number of halogens is 1. The van der Waals surface area contributed by atoms with Gasteiger partial charge in [-0.25, -0.2) is 9.18 Å². The summed E-state index contributed by atoms with van der Waals surface area (Å²) >= 11 is 0. The number of amides is 1. The van der Waals surface area contributed by atoms with E-state index >= 15 is 0 Å². The van der Waals surface area contributed by atoms with Crippen LogP contribution in [0, 0.1) is 0 Å². The SMILES string of the molecule is CC(F)CCCCC(=O)N[C@@H](CCC(=O)O)C(=O)O. The van der Waals surface area contributed by atoms with Crippen molar-refractivity contribution in [2.24, 2.45) is 0 Å². The fraction of sp³-hybridized carbons (Fsp3) is 0.750. The first-order chi connectivity index (χ1) is 8.82. The molecule has 1 amide bonds. The lowest BCUT2D eigenvalue weighted by molar-refractivity contribution is -0.143. The Labute approximate surface area is 111 Å². The largest absolute Gasteiger partial charge is 0.481 e. The molecule has 0 radical (unpaired) electrons. The molecule has 0 aromatic heterocycles. The highest BCUT2D eigenvalue weighted by Crippen LogP contribution is 2.06. The molecule has 0 aromatic rings. The second kappa shape index (κ2) is 9.29. The van der Waals surface area contributed by atoms with E-state index in [1.165, 1.54) is 6.92 Å². The number of alkyl halides is 1.